The average molecular weight is 322 g/mol. The fraction of sp³-hybridized carbons (Fsp3) is 0.263. The normalized spacial score (nSPS) is 20.1. The highest BCUT2D eigenvalue weighted by Crippen LogP contribution is 2.39. The van der Waals surface area contributed by atoms with Crippen LogP contribution in [0.2, 0.25) is 0 Å². The summed E-state index contributed by atoms with van der Waals surface area (Å²) in [4.78, 5) is 3.35. The number of para-hydroxylation sites is 2. The monoisotopic (exact) mass is 322 g/mol. The van der Waals surface area contributed by atoms with Gasteiger partial charge in [0.2, 0.25) is 0 Å². The van der Waals surface area contributed by atoms with Crippen LogP contribution < -0.4 is 0 Å². The summed E-state index contributed by atoms with van der Waals surface area (Å²) in [5.41, 5.74) is 6.36. The first kappa shape index (κ1) is 13.5. The van der Waals surface area contributed by atoms with Crippen LogP contribution in [0, 0.1) is 0 Å². The number of hydrogen-bond donors (Lipinski definition) is 0. The predicted octanol–water partition coefficient (Wildman–Crippen LogP) is 3.24. The number of aromatic nitrogens is 1. The highest BCUT2D eigenvalue weighted by molar-refractivity contribution is 7.84. The second kappa shape index (κ2) is 4.79. The molecule has 0 N–H and O–H groups in total. The van der Waals surface area contributed by atoms with Gasteiger partial charge < -0.3 is 9.47 Å². The zero-order valence-electron chi connectivity index (χ0n) is 13.1. The summed E-state index contributed by atoms with van der Waals surface area (Å²) in [5.74, 6) is 0.603. The van der Waals surface area contributed by atoms with E-state index < -0.39 is 10.8 Å². The molecule has 116 valence electrons. The highest BCUT2D eigenvalue weighted by Gasteiger charge is 2.28. The van der Waals surface area contributed by atoms with Crippen molar-refractivity contribution in [3.63, 3.8) is 0 Å². The van der Waals surface area contributed by atoms with Crippen LogP contribution in [0.5, 0.6) is 0 Å². The van der Waals surface area contributed by atoms with Crippen molar-refractivity contribution in [1.29, 1.82) is 0 Å². The molecule has 2 aliphatic heterocycles. The van der Waals surface area contributed by atoms with Gasteiger partial charge in [0.05, 0.1) is 32.7 Å². The molecule has 2 aliphatic rings. The Balaban J connectivity index is 1.97. The Morgan fingerprint density at radius 1 is 1.09 bits per heavy atom. The molecule has 5 rings (SSSR count). The molecule has 3 aromatic rings. The smallest absolute Gasteiger partial charge is 0.0696 e. The van der Waals surface area contributed by atoms with Crippen molar-refractivity contribution in [2.75, 3.05) is 13.6 Å². The summed E-state index contributed by atoms with van der Waals surface area (Å²) >= 11 is 0. The van der Waals surface area contributed by atoms with E-state index in [4.69, 9.17) is 0 Å². The fourth-order valence-electron chi connectivity index (χ4n) is 4.03. The van der Waals surface area contributed by atoms with Crippen molar-refractivity contribution < 1.29 is 4.21 Å². The van der Waals surface area contributed by atoms with Gasteiger partial charge in [0.25, 0.3) is 0 Å². The van der Waals surface area contributed by atoms with Crippen LogP contribution in [0.25, 0.3) is 16.6 Å². The number of nitrogens with zero attached hydrogens (tertiary/aromatic N) is 2. The summed E-state index contributed by atoms with van der Waals surface area (Å²) in [7, 11) is 1.19. The van der Waals surface area contributed by atoms with E-state index in [9.17, 15) is 4.21 Å². The zero-order valence-corrected chi connectivity index (χ0v) is 13.9. The van der Waals surface area contributed by atoms with Gasteiger partial charge in [0.15, 0.2) is 0 Å². The van der Waals surface area contributed by atoms with E-state index in [2.05, 4.69) is 46.8 Å². The Labute approximate surface area is 138 Å². The molecule has 0 saturated heterocycles. The molecule has 3 nitrogen and oxygen atoms in total. The average Bonchev–Trinajstić information content (AvgIpc) is 2.82. The summed E-state index contributed by atoms with van der Waals surface area (Å²) in [6.07, 6.45) is 1.04. The standard InChI is InChI=1S/C19H18N2OS/c1-20-10-9-17-15(11-20)14-6-4-8-18-19(14)21(17)16-7-3-2-5-13(16)12-23(18)22/h2-8H,9-12H2,1H3. The Hall–Kier alpha value is -1.91. The third-order valence-electron chi connectivity index (χ3n) is 5.09. The SMILES string of the molecule is CN1CCc2c(c3cccc4c3n2-c2ccccc2CS4=O)C1. The van der Waals surface area contributed by atoms with Crippen molar-refractivity contribution in [1.82, 2.24) is 9.47 Å². The summed E-state index contributed by atoms with van der Waals surface area (Å²) in [6.45, 7) is 2.04. The molecule has 2 aromatic carbocycles. The number of hydrogen-bond acceptors (Lipinski definition) is 2. The molecule has 0 aliphatic carbocycles. The number of fused-ring (bicyclic) bond motifs is 5. The number of benzene rings is 2. The topological polar surface area (TPSA) is 25.2 Å². The predicted molar refractivity (Wildman–Crippen MR) is 93.4 cm³/mol. The molecular weight excluding hydrogens is 304 g/mol. The van der Waals surface area contributed by atoms with Crippen LogP contribution >= 0.6 is 0 Å². The van der Waals surface area contributed by atoms with Crippen LogP contribution in [-0.4, -0.2) is 27.3 Å². The van der Waals surface area contributed by atoms with Gasteiger partial charge in [-0.05, 0) is 30.3 Å². The largest absolute Gasteiger partial charge is 0.312 e. The van der Waals surface area contributed by atoms with Gasteiger partial charge in [-0.2, -0.15) is 0 Å². The first-order valence-electron chi connectivity index (χ1n) is 8.04. The van der Waals surface area contributed by atoms with E-state index in [1.54, 1.807) is 0 Å². The Morgan fingerprint density at radius 3 is 2.87 bits per heavy atom. The lowest BCUT2D eigenvalue weighted by Crippen LogP contribution is -2.27. The van der Waals surface area contributed by atoms with E-state index in [1.165, 1.54) is 27.9 Å². The first-order chi connectivity index (χ1) is 11.2. The van der Waals surface area contributed by atoms with Gasteiger partial charge in [-0.15, -0.1) is 0 Å². The van der Waals surface area contributed by atoms with Crippen molar-refractivity contribution in [3.05, 3.63) is 59.3 Å². The first-order valence-corrected chi connectivity index (χ1v) is 9.36. The molecule has 0 bridgehead atoms. The molecule has 0 radical (unpaired) electrons. The van der Waals surface area contributed by atoms with Crippen molar-refractivity contribution in [2.24, 2.45) is 0 Å². The molecule has 23 heavy (non-hydrogen) atoms. The third-order valence-corrected chi connectivity index (χ3v) is 6.48. The molecule has 1 aromatic heterocycles. The molecule has 4 heteroatoms. The Morgan fingerprint density at radius 2 is 1.96 bits per heavy atom. The lowest BCUT2D eigenvalue weighted by atomic mass is 10.0. The molecule has 3 heterocycles. The maximum absolute atomic E-state index is 12.9. The summed E-state index contributed by atoms with van der Waals surface area (Å²) in [5, 5.41) is 1.27. The van der Waals surface area contributed by atoms with Crippen molar-refractivity contribution in [2.45, 2.75) is 23.6 Å². The molecule has 0 fully saturated rings. The minimum atomic E-state index is -0.989. The number of rotatable bonds is 0. The van der Waals surface area contributed by atoms with E-state index in [0.29, 0.717) is 5.75 Å². The highest BCUT2D eigenvalue weighted by atomic mass is 32.2. The van der Waals surface area contributed by atoms with Crippen LogP contribution in [0.1, 0.15) is 16.8 Å². The molecule has 1 unspecified atom stereocenters. The van der Waals surface area contributed by atoms with Crippen LogP contribution in [0.3, 0.4) is 0 Å². The van der Waals surface area contributed by atoms with Gasteiger partial charge in [0, 0.05) is 30.6 Å². The third kappa shape index (κ3) is 1.82. The van der Waals surface area contributed by atoms with E-state index in [0.717, 1.165) is 29.9 Å². The second-order valence-corrected chi connectivity index (χ2v) is 7.94. The van der Waals surface area contributed by atoms with Gasteiger partial charge in [-0.25, -0.2) is 0 Å². The van der Waals surface area contributed by atoms with Crippen LogP contribution in [0.15, 0.2) is 47.4 Å². The zero-order chi connectivity index (χ0) is 15.6. The summed E-state index contributed by atoms with van der Waals surface area (Å²) in [6, 6.07) is 14.7. The lowest BCUT2D eigenvalue weighted by Gasteiger charge is -2.24. The maximum atomic E-state index is 12.9. The molecular formula is C19H18N2OS. The molecule has 1 atom stereocenters. The minimum absolute atomic E-state index is 0.603. The van der Waals surface area contributed by atoms with Gasteiger partial charge >= 0.3 is 0 Å². The number of likely N-dealkylation sites (N-methyl/N-ethyl adjacent to an activating group) is 1. The molecule has 0 saturated carbocycles. The van der Waals surface area contributed by atoms with Crippen LogP contribution in [-0.2, 0) is 29.5 Å². The Bertz CT molecular complexity index is 973. The van der Waals surface area contributed by atoms with E-state index >= 15 is 0 Å². The van der Waals surface area contributed by atoms with E-state index in [1.807, 2.05) is 12.1 Å². The van der Waals surface area contributed by atoms with Gasteiger partial charge in [-0.1, -0.05) is 30.3 Å². The van der Waals surface area contributed by atoms with Gasteiger partial charge in [0.1, 0.15) is 0 Å². The maximum Gasteiger partial charge on any atom is 0.0696 e. The minimum Gasteiger partial charge on any atom is -0.312 e. The lowest BCUT2D eigenvalue weighted by molar-refractivity contribution is 0.311. The fourth-order valence-corrected chi connectivity index (χ4v) is 5.36. The quantitative estimate of drug-likeness (QED) is 0.635. The molecule has 0 spiro atoms. The summed E-state index contributed by atoms with van der Waals surface area (Å²) < 4.78 is 15.3. The second-order valence-electron chi connectivity index (χ2n) is 6.52. The van der Waals surface area contributed by atoms with E-state index in [-0.39, 0.29) is 0 Å². The van der Waals surface area contributed by atoms with Gasteiger partial charge in [-0.3, -0.25) is 4.21 Å². The molecule has 0 amide bonds. The van der Waals surface area contributed by atoms with Crippen LogP contribution in [0.4, 0.5) is 0 Å². The van der Waals surface area contributed by atoms with Crippen molar-refractivity contribution >= 4 is 21.7 Å². The Kier molecular flexibility index (Phi) is 2.82. The van der Waals surface area contributed by atoms with Crippen molar-refractivity contribution in [3.8, 4) is 5.69 Å².